The fourth-order valence-corrected chi connectivity index (χ4v) is 5.64. The molecule has 1 atom stereocenters. The number of hydrogen-bond donors (Lipinski definition) is 1. The summed E-state index contributed by atoms with van der Waals surface area (Å²) in [6, 6.07) is 14.0. The number of amides is 1. The molecule has 1 N–H and O–H groups in total. The van der Waals surface area contributed by atoms with Gasteiger partial charge in [0.05, 0.1) is 22.3 Å². The molecule has 4 rings (SSSR count). The normalized spacial score (nSPS) is 18.7. The lowest BCUT2D eigenvalue weighted by Crippen LogP contribution is -2.29. The van der Waals surface area contributed by atoms with Gasteiger partial charge in [0.15, 0.2) is 9.84 Å². The van der Waals surface area contributed by atoms with Crippen LogP contribution in [0.4, 0.5) is 0 Å². The number of carbonyl (C=O) groups excluding carboxylic acids is 1. The molecule has 6 heteroatoms. The van der Waals surface area contributed by atoms with Crippen molar-refractivity contribution in [2.24, 2.45) is 0 Å². The van der Waals surface area contributed by atoms with E-state index in [1.54, 1.807) is 24.3 Å². The second-order valence-electron chi connectivity index (χ2n) is 5.49. The fraction of sp³-hybridized carbons (Fsp3) is 0.118. The van der Waals surface area contributed by atoms with E-state index in [1.165, 1.54) is 11.3 Å². The van der Waals surface area contributed by atoms with Crippen LogP contribution in [0.25, 0.3) is 10.1 Å². The van der Waals surface area contributed by atoms with Gasteiger partial charge in [0, 0.05) is 15.5 Å². The van der Waals surface area contributed by atoms with Crippen LogP contribution in [0.1, 0.15) is 22.0 Å². The Labute approximate surface area is 137 Å². The largest absolute Gasteiger partial charge is 0.344 e. The summed E-state index contributed by atoms with van der Waals surface area (Å²) in [5.41, 5.74) is 1.26. The van der Waals surface area contributed by atoms with Gasteiger partial charge in [-0.3, -0.25) is 4.79 Å². The van der Waals surface area contributed by atoms with Gasteiger partial charge in [0.25, 0.3) is 5.91 Å². The maximum Gasteiger partial charge on any atom is 0.253 e. The van der Waals surface area contributed by atoms with E-state index in [4.69, 9.17) is 0 Å². The molecule has 2 aromatic carbocycles. The van der Waals surface area contributed by atoms with Crippen LogP contribution < -0.4 is 5.32 Å². The summed E-state index contributed by atoms with van der Waals surface area (Å²) in [5.74, 6) is -0.320. The Hall–Kier alpha value is -2.18. The summed E-state index contributed by atoms with van der Waals surface area (Å²) >= 11 is 1.51. The molecule has 1 aliphatic heterocycles. The highest BCUT2D eigenvalue weighted by molar-refractivity contribution is 7.91. The smallest absolute Gasteiger partial charge is 0.253 e. The van der Waals surface area contributed by atoms with Crippen LogP contribution in [-0.4, -0.2) is 20.1 Å². The third kappa shape index (κ3) is 2.34. The molecule has 0 aliphatic carbocycles. The van der Waals surface area contributed by atoms with Crippen molar-refractivity contribution in [1.29, 1.82) is 0 Å². The average molecular weight is 343 g/mol. The minimum atomic E-state index is -3.32. The number of nitrogens with one attached hydrogen (secondary N) is 1. The zero-order valence-corrected chi connectivity index (χ0v) is 13.7. The number of sulfone groups is 1. The van der Waals surface area contributed by atoms with E-state index < -0.39 is 15.9 Å². The van der Waals surface area contributed by atoms with E-state index in [9.17, 15) is 13.2 Å². The molecular formula is C17H13NO3S2. The van der Waals surface area contributed by atoms with E-state index in [-0.39, 0.29) is 11.7 Å². The number of benzene rings is 2. The van der Waals surface area contributed by atoms with Gasteiger partial charge >= 0.3 is 0 Å². The molecule has 0 fully saturated rings. The molecule has 3 aromatic rings. The number of fused-ring (bicyclic) bond motifs is 2. The summed E-state index contributed by atoms with van der Waals surface area (Å²) in [4.78, 5) is 12.9. The summed E-state index contributed by atoms with van der Waals surface area (Å²) < 4.78 is 25.4. The first-order chi connectivity index (χ1) is 11.1. The summed E-state index contributed by atoms with van der Waals surface area (Å²) in [6.07, 6.45) is 0. The Morgan fingerprint density at radius 1 is 1.09 bits per heavy atom. The van der Waals surface area contributed by atoms with E-state index in [0.717, 1.165) is 10.1 Å². The summed E-state index contributed by atoms with van der Waals surface area (Å²) in [7, 11) is -3.32. The van der Waals surface area contributed by atoms with Crippen LogP contribution >= 0.6 is 11.3 Å². The lowest BCUT2D eigenvalue weighted by atomic mass is 10.1. The Kier molecular flexibility index (Phi) is 3.25. The van der Waals surface area contributed by atoms with Crippen molar-refractivity contribution in [1.82, 2.24) is 5.32 Å². The first kappa shape index (κ1) is 14.4. The van der Waals surface area contributed by atoms with Crippen molar-refractivity contribution >= 4 is 37.2 Å². The van der Waals surface area contributed by atoms with Crippen LogP contribution in [0.2, 0.25) is 0 Å². The maximum atomic E-state index is 12.6. The lowest BCUT2D eigenvalue weighted by Gasteiger charge is -2.12. The van der Waals surface area contributed by atoms with Gasteiger partial charge in [0.2, 0.25) is 0 Å². The van der Waals surface area contributed by atoms with Crippen molar-refractivity contribution < 1.29 is 13.2 Å². The molecule has 1 amide bonds. The highest BCUT2D eigenvalue weighted by Crippen LogP contribution is 2.34. The van der Waals surface area contributed by atoms with Crippen LogP contribution in [0.15, 0.2) is 58.8 Å². The SMILES string of the molecule is O=C(N[C@H]1CS(=O)(=O)c2ccccc21)c1csc2ccccc12. The van der Waals surface area contributed by atoms with E-state index in [0.29, 0.717) is 16.0 Å². The first-order valence-electron chi connectivity index (χ1n) is 7.15. The highest BCUT2D eigenvalue weighted by atomic mass is 32.2. The monoisotopic (exact) mass is 343 g/mol. The average Bonchev–Trinajstić information content (AvgIpc) is 3.08. The third-order valence-corrected chi connectivity index (χ3v) is 6.82. The molecule has 23 heavy (non-hydrogen) atoms. The van der Waals surface area contributed by atoms with Crippen molar-refractivity contribution in [3.05, 3.63) is 65.0 Å². The zero-order valence-electron chi connectivity index (χ0n) is 12.0. The minimum absolute atomic E-state index is 0.0832. The number of thiophene rings is 1. The number of carbonyl (C=O) groups is 1. The molecule has 0 saturated heterocycles. The quantitative estimate of drug-likeness (QED) is 0.777. The van der Waals surface area contributed by atoms with Gasteiger partial charge in [-0.15, -0.1) is 11.3 Å². The fourth-order valence-electron chi connectivity index (χ4n) is 2.96. The van der Waals surface area contributed by atoms with Gasteiger partial charge in [-0.05, 0) is 17.7 Å². The van der Waals surface area contributed by atoms with E-state index >= 15 is 0 Å². The summed E-state index contributed by atoms with van der Waals surface area (Å²) in [6.45, 7) is 0. The van der Waals surface area contributed by atoms with Gasteiger partial charge < -0.3 is 5.32 Å². The van der Waals surface area contributed by atoms with Crippen molar-refractivity contribution in [3.63, 3.8) is 0 Å². The molecule has 0 spiro atoms. The molecule has 0 radical (unpaired) electrons. The Bertz CT molecular complexity index is 1020. The second-order valence-corrected chi connectivity index (χ2v) is 8.40. The zero-order chi connectivity index (χ0) is 16.0. The number of hydrogen-bond acceptors (Lipinski definition) is 4. The minimum Gasteiger partial charge on any atom is -0.344 e. The van der Waals surface area contributed by atoms with Gasteiger partial charge in [-0.1, -0.05) is 36.4 Å². The highest BCUT2D eigenvalue weighted by Gasteiger charge is 2.35. The lowest BCUT2D eigenvalue weighted by molar-refractivity contribution is 0.0943. The third-order valence-electron chi connectivity index (χ3n) is 4.05. The van der Waals surface area contributed by atoms with E-state index in [1.807, 2.05) is 29.6 Å². The molecule has 116 valence electrons. The maximum absolute atomic E-state index is 12.6. The Balaban J connectivity index is 1.68. The topological polar surface area (TPSA) is 63.2 Å². The van der Waals surface area contributed by atoms with Crippen LogP contribution in [0, 0.1) is 0 Å². The molecule has 0 bridgehead atoms. The predicted molar refractivity (Wildman–Crippen MR) is 90.5 cm³/mol. The van der Waals surface area contributed by atoms with E-state index in [2.05, 4.69) is 5.32 Å². The Morgan fingerprint density at radius 3 is 2.70 bits per heavy atom. The molecule has 0 unspecified atom stereocenters. The summed E-state index contributed by atoms with van der Waals surface area (Å²) in [5, 5.41) is 5.58. The van der Waals surface area contributed by atoms with Crippen LogP contribution in [0.5, 0.6) is 0 Å². The van der Waals surface area contributed by atoms with Gasteiger partial charge in [0.1, 0.15) is 0 Å². The molecule has 2 heterocycles. The second kappa shape index (κ2) is 5.18. The van der Waals surface area contributed by atoms with Gasteiger partial charge in [-0.2, -0.15) is 0 Å². The molecule has 1 aromatic heterocycles. The number of rotatable bonds is 2. The molecule has 1 aliphatic rings. The van der Waals surface area contributed by atoms with Crippen LogP contribution in [0.3, 0.4) is 0 Å². The molecule has 4 nitrogen and oxygen atoms in total. The first-order valence-corrected chi connectivity index (χ1v) is 9.68. The van der Waals surface area contributed by atoms with Crippen molar-refractivity contribution in [2.75, 3.05) is 5.75 Å². The van der Waals surface area contributed by atoms with Gasteiger partial charge in [-0.25, -0.2) is 8.42 Å². The Morgan fingerprint density at radius 2 is 1.83 bits per heavy atom. The standard InChI is InChI=1S/C17H13NO3S2/c19-17(13-9-22-15-7-3-1-5-11(13)15)18-14-10-23(20,21)16-8-4-2-6-12(14)16/h1-9,14H,10H2,(H,18,19)/t14-/m0/s1. The predicted octanol–water partition coefficient (Wildman–Crippen LogP) is 3.16. The van der Waals surface area contributed by atoms with Crippen LogP contribution in [-0.2, 0) is 9.84 Å². The van der Waals surface area contributed by atoms with Crippen molar-refractivity contribution in [2.45, 2.75) is 10.9 Å². The molecule has 0 saturated carbocycles. The molecular weight excluding hydrogens is 330 g/mol. The van der Waals surface area contributed by atoms with Crippen molar-refractivity contribution in [3.8, 4) is 0 Å².